The van der Waals surface area contributed by atoms with Crippen LogP contribution in [0.25, 0.3) is 0 Å². The van der Waals surface area contributed by atoms with E-state index < -0.39 is 0 Å². The SMILES string of the molecule is CN=C(NCCCOC1CCOCC1)N1CCN(c2cnn(C)c2)C(=O)C1.I. The van der Waals surface area contributed by atoms with Gasteiger partial charge in [-0.1, -0.05) is 0 Å². The van der Waals surface area contributed by atoms with E-state index in [1.807, 2.05) is 18.1 Å². The molecule has 1 amide bonds. The maximum atomic E-state index is 12.5. The van der Waals surface area contributed by atoms with Crippen LogP contribution in [0.1, 0.15) is 19.3 Å². The third kappa shape index (κ3) is 6.31. The second kappa shape index (κ2) is 11.6. The van der Waals surface area contributed by atoms with E-state index in [1.54, 1.807) is 22.8 Å². The molecule has 1 N–H and O–H groups in total. The molecule has 0 aromatic carbocycles. The highest BCUT2D eigenvalue weighted by Gasteiger charge is 2.27. The highest BCUT2D eigenvalue weighted by molar-refractivity contribution is 14.0. The van der Waals surface area contributed by atoms with Gasteiger partial charge in [-0.3, -0.25) is 14.5 Å². The summed E-state index contributed by atoms with van der Waals surface area (Å²) in [5.41, 5.74) is 0.843. The molecule has 1 aromatic rings. The first-order valence-electron chi connectivity index (χ1n) is 9.61. The van der Waals surface area contributed by atoms with E-state index >= 15 is 0 Å². The largest absolute Gasteiger partial charge is 0.381 e. The van der Waals surface area contributed by atoms with Gasteiger partial charge in [-0.25, -0.2) is 0 Å². The van der Waals surface area contributed by atoms with E-state index in [-0.39, 0.29) is 29.9 Å². The molecular formula is C18H31IN6O3. The smallest absolute Gasteiger partial charge is 0.246 e. The summed E-state index contributed by atoms with van der Waals surface area (Å²) in [6, 6.07) is 0. The number of guanidine groups is 1. The summed E-state index contributed by atoms with van der Waals surface area (Å²) >= 11 is 0. The molecule has 0 aliphatic carbocycles. The van der Waals surface area contributed by atoms with E-state index in [1.165, 1.54) is 0 Å². The number of halogens is 1. The van der Waals surface area contributed by atoms with Gasteiger partial charge in [-0.2, -0.15) is 5.10 Å². The normalized spacial score (nSPS) is 18.9. The van der Waals surface area contributed by atoms with Crippen molar-refractivity contribution in [3.63, 3.8) is 0 Å². The number of carbonyl (C=O) groups is 1. The van der Waals surface area contributed by atoms with E-state index in [0.717, 1.165) is 63.8 Å². The summed E-state index contributed by atoms with van der Waals surface area (Å²) in [5.74, 6) is 0.820. The van der Waals surface area contributed by atoms with Crippen LogP contribution in [0.15, 0.2) is 17.4 Å². The Balaban J connectivity index is 0.00000280. The van der Waals surface area contributed by atoms with E-state index in [4.69, 9.17) is 9.47 Å². The Morgan fingerprint density at radius 2 is 2.18 bits per heavy atom. The van der Waals surface area contributed by atoms with Crippen molar-refractivity contribution < 1.29 is 14.3 Å². The fraction of sp³-hybridized carbons (Fsp3) is 0.722. The number of hydrogen-bond donors (Lipinski definition) is 1. The monoisotopic (exact) mass is 506 g/mol. The molecule has 3 heterocycles. The summed E-state index contributed by atoms with van der Waals surface area (Å²) in [7, 11) is 3.60. The lowest BCUT2D eigenvalue weighted by Gasteiger charge is -2.35. The quantitative estimate of drug-likeness (QED) is 0.267. The molecule has 2 saturated heterocycles. The number of carbonyl (C=O) groups excluding carboxylic acids is 1. The first kappa shape index (κ1) is 22.9. The maximum absolute atomic E-state index is 12.5. The number of aryl methyl sites for hydroxylation is 1. The van der Waals surface area contributed by atoms with Gasteiger partial charge in [0.25, 0.3) is 0 Å². The second-order valence-electron chi connectivity index (χ2n) is 6.85. The number of aromatic nitrogens is 2. The number of anilines is 1. The molecule has 0 unspecified atom stereocenters. The Labute approximate surface area is 183 Å². The Bertz CT molecular complexity index is 647. The zero-order valence-corrected chi connectivity index (χ0v) is 19.0. The Morgan fingerprint density at radius 3 is 2.82 bits per heavy atom. The standard InChI is InChI=1S/C18H30N6O3.HI/c1-19-18(20-6-3-9-27-16-4-10-26-11-5-16)23-7-8-24(17(25)14-23)15-12-21-22(2)13-15;/h12-13,16H,3-11,14H2,1-2H3,(H,19,20);1H. The van der Waals surface area contributed by atoms with E-state index in [2.05, 4.69) is 15.4 Å². The van der Waals surface area contributed by atoms with Crippen LogP contribution >= 0.6 is 24.0 Å². The molecule has 2 aliphatic heterocycles. The molecule has 1 aromatic heterocycles. The van der Waals surface area contributed by atoms with Gasteiger partial charge in [0, 0.05) is 59.7 Å². The number of nitrogens with zero attached hydrogens (tertiary/aromatic N) is 5. The summed E-state index contributed by atoms with van der Waals surface area (Å²) in [6.07, 6.45) is 6.78. The third-order valence-corrected chi connectivity index (χ3v) is 4.86. The summed E-state index contributed by atoms with van der Waals surface area (Å²) in [5, 5.41) is 7.48. The molecule has 2 aliphatic rings. The van der Waals surface area contributed by atoms with Crippen molar-refractivity contribution in [1.82, 2.24) is 20.0 Å². The minimum atomic E-state index is 0. The number of hydrogen-bond acceptors (Lipinski definition) is 5. The molecule has 0 saturated carbocycles. The molecule has 158 valence electrons. The number of aliphatic imine (C=N–C) groups is 1. The van der Waals surface area contributed by atoms with Gasteiger partial charge in [0.15, 0.2) is 5.96 Å². The minimum Gasteiger partial charge on any atom is -0.381 e. The van der Waals surface area contributed by atoms with Gasteiger partial charge in [0.1, 0.15) is 6.54 Å². The van der Waals surface area contributed by atoms with Gasteiger partial charge in [0.05, 0.1) is 18.0 Å². The van der Waals surface area contributed by atoms with Crippen LogP contribution in [0, 0.1) is 0 Å². The molecule has 0 bridgehead atoms. The van der Waals surface area contributed by atoms with Crippen LogP contribution in [0.4, 0.5) is 5.69 Å². The van der Waals surface area contributed by atoms with Crippen LogP contribution in [0.5, 0.6) is 0 Å². The number of piperazine rings is 1. The third-order valence-electron chi connectivity index (χ3n) is 4.86. The lowest BCUT2D eigenvalue weighted by atomic mass is 10.1. The zero-order chi connectivity index (χ0) is 19.1. The van der Waals surface area contributed by atoms with Gasteiger partial charge >= 0.3 is 0 Å². The lowest BCUT2D eigenvalue weighted by molar-refractivity contribution is -0.120. The van der Waals surface area contributed by atoms with Crippen LogP contribution in [0.3, 0.4) is 0 Å². The van der Waals surface area contributed by atoms with E-state index in [0.29, 0.717) is 19.2 Å². The fourth-order valence-corrected chi connectivity index (χ4v) is 3.37. The van der Waals surface area contributed by atoms with Crippen molar-refractivity contribution in [2.24, 2.45) is 12.0 Å². The van der Waals surface area contributed by atoms with Crippen LogP contribution in [-0.4, -0.2) is 85.7 Å². The highest BCUT2D eigenvalue weighted by Crippen LogP contribution is 2.16. The number of rotatable bonds is 6. The highest BCUT2D eigenvalue weighted by atomic mass is 127. The molecule has 0 atom stereocenters. The van der Waals surface area contributed by atoms with Gasteiger partial charge in [0.2, 0.25) is 5.91 Å². The van der Waals surface area contributed by atoms with Crippen molar-refractivity contribution in [2.45, 2.75) is 25.4 Å². The molecule has 3 rings (SSSR count). The van der Waals surface area contributed by atoms with Crippen molar-refractivity contribution in [1.29, 1.82) is 0 Å². The number of amides is 1. The predicted molar refractivity (Wildman–Crippen MR) is 118 cm³/mol. The van der Waals surface area contributed by atoms with Crippen LogP contribution in [0.2, 0.25) is 0 Å². The number of nitrogens with one attached hydrogen (secondary N) is 1. The fourth-order valence-electron chi connectivity index (χ4n) is 3.37. The molecule has 0 radical (unpaired) electrons. The first-order valence-corrected chi connectivity index (χ1v) is 9.61. The van der Waals surface area contributed by atoms with Gasteiger partial charge in [-0.15, -0.1) is 24.0 Å². The average Bonchev–Trinajstić information content (AvgIpc) is 3.11. The molecule has 28 heavy (non-hydrogen) atoms. The van der Waals surface area contributed by atoms with Crippen molar-refractivity contribution in [2.75, 3.05) is 57.9 Å². The lowest BCUT2D eigenvalue weighted by Crippen LogP contribution is -2.55. The minimum absolute atomic E-state index is 0. The Kier molecular flexibility index (Phi) is 9.45. The Hall–Kier alpha value is -1.40. The van der Waals surface area contributed by atoms with Gasteiger partial charge < -0.3 is 24.6 Å². The molecule has 2 fully saturated rings. The average molecular weight is 506 g/mol. The number of ether oxygens (including phenoxy) is 2. The zero-order valence-electron chi connectivity index (χ0n) is 16.7. The topological polar surface area (TPSA) is 84.2 Å². The van der Waals surface area contributed by atoms with Crippen molar-refractivity contribution in [3.8, 4) is 0 Å². The molecule has 10 heteroatoms. The van der Waals surface area contributed by atoms with E-state index in [9.17, 15) is 4.79 Å². The van der Waals surface area contributed by atoms with Crippen LogP contribution in [-0.2, 0) is 21.3 Å². The van der Waals surface area contributed by atoms with Crippen LogP contribution < -0.4 is 10.2 Å². The summed E-state index contributed by atoms with van der Waals surface area (Å²) in [6.45, 7) is 4.77. The van der Waals surface area contributed by atoms with Crippen molar-refractivity contribution >= 4 is 41.5 Å². The molecular weight excluding hydrogens is 475 g/mol. The maximum Gasteiger partial charge on any atom is 0.246 e. The first-order chi connectivity index (χ1) is 13.2. The van der Waals surface area contributed by atoms with Gasteiger partial charge in [-0.05, 0) is 19.3 Å². The Morgan fingerprint density at radius 1 is 1.39 bits per heavy atom. The second-order valence-corrected chi connectivity index (χ2v) is 6.85. The summed E-state index contributed by atoms with van der Waals surface area (Å²) < 4.78 is 12.9. The molecule has 0 spiro atoms. The summed E-state index contributed by atoms with van der Waals surface area (Å²) in [4.78, 5) is 20.6. The molecule has 9 nitrogen and oxygen atoms in total. The predicted octanol–water partition coefficient (Wildman–Crippen LogP) is 0.848. The van der Waals surface area contributed by atoms with Crippen molar-refractivity contribution in [3.05, 3.63) is 12.4 Å².